The standard InChI is InChI=1S/C18H19NO4S/c1-2-23-18(20)12-11-15-9-6-10-17(13-15)19-24(21,22)14-16-7-4-3-5-8-16/h3-13,19H,2,14H2,1H3/b12-11+. The van der Waals surface area contributed by atoms with E-state index in [1.165, 1.54) is 6.08 Å². The van der Waals surface area contributed by atoms with E-state index in [1.807, 2.05) is 6.07 Å². The molecule has 2 aromatic rings. The van der Waals surface area contributed by atoms with Crippen LogP contribution in [0.5, 0.6) is 0 Å². The van der Waals surface area contributed by atoms with Crippen molar-refractivity contribution in [3.05, 3.63) is 71.8 Å². The third-order valence-corrected chi connectivity index (χ3v) is 4.32. The predicted octanol–water partition coefficient (Wildman–Crippen LogP) is 3.20. The number of hydrogen-bond acceptors (Lipinski definition) is 4. The summed E-state index contributed by atoms with van der Waals surface area (Å²) in [5, 5.41) is 0. The summed E-state index contributed by atoms with van der Waals surface area (Å²) < 4.78 is 31.8. The molecule has 0 amide bonds. The van der Waals surface area contributed by atoms with Crippen molar-refractivity contribution in [1.82, 2.24) is 0 Å². The van der Waals surface area contributed by atoms with Gasteiger partial charge in [0, 0.05) is 11.8 Å². The van der Waals surface area contributed by atoms with Crippen LogP contribution in [0.1, 0.15) is 18.1 Å². The van der Waals surface area contributed by atoms with E-state index < -0.39 is 16.0 Å². The Labute approximate surface area is 142 Å². The summed E-state index contributed by atoms with van der Waals surface area (Å²) in [6, 6.07) is 15.7. The Morgan fingerprint density at radius 2 is 1.88 bits per heavy atom. The zero-order valence-corrected chi connectivity index (χ0v) is 14.1. The summed E-state index contributed by atoms with van der Waals surface area (Å²) in [6.07, 6.45) is 2.88. The van der Waals surface area contributed by atoms with Gasteiger partial charge in [-0.2, -0.15) is 0 Å². The Bertz CT molecular complexity index is 814. The Morgan fingerprint density at radius 1 is 1.12 bits per heavy atom. The highest BCUT2D eigenvalue weighted by molar-refractivity contribution is 7.91. The highest BCUT2D eigenvalue weighted by Gasteiger charge is 2.11. The van der Waals surface area contributed by atoms with Crippen LogP contribution in [0, 0.1) is 0 Å². The van der Waals surface area contributed by atoms with Crippen molar-refractivity contribution in [3.8, 4) is 0 Å². The first-order chi connectivity index (χ1) is 11.5. The number of ether oxygens (including phenoxy) is 1. The first kappa shape index (κ1) is 17.7. The fraction of sp³-hybridized carbons (Fsp3) is 0.167. The van der Waals surface area contributed by atoms with Gasteiger partial charge in [0.15, 0.2) is 0 Å². The summed E-state index contributed by atoms with van der Waals surface area (Å²) in [4.78, 5) is 11.3. The molecule has 5 nitrogen and oxygen atoms in total. The van der Waals surface area contributed by atoms with E-state index in [9.17, 15) is 13.2 Å². The zero-order chi connectivity index (χ0) is 17.4. The molecule has 0 unspecified atom stereocenters. The van der Waals surface area contributed by atoms with Gasteiger partial charge in [0.25, 0.3) is 0 Å². The topological polar surface area (TPSA) is 72.5 Å². The fourth-order valence-electron chi connectivity index (χ4n) is 2.07. The molecule has 0 bridgehead atoms. The molecule has 0 saturated heterocycles. The van der Waals surface area contributed by atoms with Crippen molar-refractivity contribution in [3.63, 3.8) is 0 Å². The average Bonchev–Trinajstić information content (AvgIpc) is 2.53. The Morgan fingerprint density at radius 3 is 2.58 bits per heavy atom. The normalized spacial score (nSPS) is 11.4. The summed E-state index contributed by atoms with van der Waals surface area (Å²) >= 11 is 0. The molecule has 0 spiro atoms. The molecule has 0 heterocycles. The number of nitrogens with one attached hydrogen (secondary N) is 1. The predicted molar refractivity (Wildman–Crippen MR) is 94.8 cm³/mol. The molecule has 1 N–H and O–H groups in total. The van der Waals surface area contributed by atoms with Gasteiger partial charge >= 0.3 is 5.97 Å². The molecule has 0 radical (unpaired) electrons. The number of hydrogen-bond donors (Lipinski definition) is 1. The van der Waals surface area contributed by atoms with E-state index in [0.717, 1.165) is 0 Å². The van der Waals surface area contributed by atoms with Crippen LogP contribution in [0.2, 0.25) is 0 Å². The minimum absolute atomic E-state index is 0.100. The summed E-state index contributed by atoms with van der Waals surface area (Å²) in [6.45, 7) is 2.04. The van der Waals surface area contributed by atoms with Gasteiger partial charge in [0.2, 0.25) is 10.0 Å². The summed E-state index contributed by atoms with van der Waals surface area (Å²) in [5.74, 6) is -0.538. The van der Waals surface area contributed by atoms with Crippen LogP contribution < -0.4 is 4.72 Å². The third-order valence-electron chi connectivity index (χ3n) is 3.06. The van der Waals surface area contributed by atoms with Gasteiger partial charge in [0.05, 0.1) is 12.4 Å². The number of benzene rings is 2. The number of sulfonamides is 1. The summed E-state index contributed by atoms with van der Waals surface area (Å²) in [5.41, 5.74) is 1.85. The van der Waals surface area contributed by atoms with Crippen LogP contribution >= 0.6 is 0 Å². The van der Waals surface area contributed by atoms with Gasteiger partial charge in [0.1, 0.15) is 0 Å². The quantitative estimate of drug-likeness (QED) is 0.618. The second-order valence-electron chi connectivity index (χ2n) is 5.06. The molecule has 0 aromatic heterocycles. The zero-order valence-electron chi connectivity index (χ0n) is 13.3. The van der Waals surface area contributed by atoms with Crippen LogP contribution in [0.25, 0.3) is 6.08 Å². The van der Waals surface area contributed by atoms with Gasteiger partial charge in [-0.15, -0.1) is 0 Å². The molecule has 0 aliphatic rings. The van der Waals surface area contributed by atoms with Crippen LogP contribution in [0.3, 0.4) is 0 Å². The number of anilines is 1. The van der Waals surface area contributed by atoms with Crippen molar-refractivity contribution < 1.29 is 17.9 Å². The molecule has 2 aromatic carbocycles. The Balaban J connectivity index is 2.07. The molecule has 0 fully saturated rings. The van der Waals surface area contributed by atoms with E-state index in [-0.39, 0.29) is 5.75 Å². The lowest BCUT2D eigenvalue weighted by Crippen LogP contribution is -2.15. The van der Waals surface area contributed by atoms with Crippen LogP contribution in [0.4, 0.5) is 5.69 Å². The average molecular weight is 345 g/mol. The molecule has 0 aliphatic carbocycles. The minimum atomic E-state index is -3.51. The van der Waals surface area contributed by atoms with E-state index in [0.29, 0.717) is 23.4 Å². The molecule has 0 saturated carbocycles. The Kier molecular flexibility index (Phi) is 6.14. The second-order valence-corrected chi connectivity index (χ2v) is 6.78. The van der Waals surface area contributed by atoms with Crippen molar-refractivity contribution in [1.29, 1.82) is 0 Å². The largest absolute Gasteiger partial charge is 0.463 e. The molecular formula is C18H19NO4S. The molecule has 6 heteroatoms. The molecule has 24 heavy (non-hydrogen) atoms. The highest BCUT2D eigenvalue weighted by Crippen LogP contribution is 2.15. The number of esters is 1. The fourth-order valence-corrected chi connectivity index (χ4v) is 3.26. The van der Waals surface area contributed by atoms with Gasteiger partial charge < -0.3 is 4.74 Å². The molecule has 126 valence electrons. The molecule has 0 atom stereocenters. The number of carbonyl (C=O) groups is 1. The minimum Gasteiger partial charge on any atom is -0.463 e. The van der Waals surface area contributed by atoms with Gasteiger partial charge in [-0.25, -0.2) is 13.2 Å². The molecular weight excluding hydrogens is 326 g/mol. The number of rotatable bonds is 7. The SMILES string of the molecule is CCOC(=O)/C=C/c1cccc(NS(=O)(=O)Cc2ccccc2)c1. The first-order valence-corrected chi connectivity index (χ1v) is 9.13. The maximum Gasteiger partial charge on any atom is 0.330 e. The highest BCUT2D eigenvalue weighted by atomic mass is 32.2. The lowest BCUT2D eigenvalue weighted by Gasteiger charge is -2.08. The molecule has 0 aliphatic heterocycles. The van der Waals surface area contributed by atoms with Crippen LogP contribution in [-0.2, 0) is 25.3 Å². The maximum atomic E-state index is 12.2. The van der Waals surface area contributed by atoms with Crippen molar-refractivity contribution in [2.75, 3.05) is 11.3 Å². The van der Waals surface area contributed by atoms with Gasteiger partial charge in [-0.05, 0) is 36.3 Å². The Hall–Kier alpha value is -2.60. The van der Waals surface area contributed by atoms with Crippen molar-refractivity contribution >= 4 is 27.8 Å². The smallest absolute Gasteiger partial charge is 0.330 e. The molecule has 2 rings (SSSR count). The second kappa shape index (κ2) is 8.31. The van der Waals surface area contributed by atoms with Crippen molar-refractivity contribution in [2.24, 2.45) is 0 Å². The first-order valence-electron chi connectivity index (χ1n) is 7.48. The van der Waals surface area contributed by atoms with E-state index in [4.69, 9.17) is 4.74 Å². The lowest BCUT2D eigenvalue weighted by atomic mass is 10.2. The van der Waals surface area contributed by atoms with Gasteiger partial charge in [-0.3, -0.25) is 4.72 Å². The van der Waals surface area contributed by atoms with Crippen LogP contribution in [0.15, 0.2) is 60.7 Å². The van der Waals surface area contributed by atoms with Gasteiger partial charge in [-0.1, -0.05) is 42.5 Å². The van der Waals surface area contributed by atoms with E-state index in [2.05, 4.69) is 4.72 Å². The number of carbonyl (C=O) groups excluding carboxylic acids is 1. The third kappa shape index (κ3) is 5.89. The monoisotopic (exact) mass is 345 g/mol. The lowest BCUT2D eigenvalue weighted by molar-refractivity contribution is -0.137. The summed E-state index contributed by atoms with van der Waals surface area (Å²) in [7, 11) is -3.51. The van der Waals surface area contributed by atoms with E-state index in [1.54, 1.807) is 61.5 Å². The van der Waals surface area contributed by atoms with Crippen LogP contribution in [-0.4, -0.2) is 21.0 Å². The van der Waals surface area contributed by atoms with E-state index >= 15 is 0 Å². The van der Waals surface area contributed by atoms with Crippen molar-refractivity contribution in [2.45, 2.75) is 12.7 Å². The maximum absolute atomic E-state index is 12.2.